The van der Waals surface area contributed by atoms with Gasteiger partial charge in [0.1, 0.15) is 31.0 Å². The van der Waals surface area contributed by atoms with Crippen molar-refractivity contribution in [2.24, 2.45) is 0 Å². The van der Waals surface area contributed by atoms with E-state index in [1.54, 1.807) is 0 Å². The number of carbonyl (C=O) groups excluding carboxylic acids is 1. The van der Waals surface area contributed by atoms with Crippen molar-refractivity contribution >= 4 is 5.97 Å². The van der Waals surface area contributed by atoms with Crippen molar-refractivity contribution < 1.29 is 32.6 Å². The normalized spacial score (nSPS) is 35.7. The van der Waals surface area contributed by atoms with Crippen molar-refractivity contribution in [3.63, 3.8) is 0 Å². The van der Waals surface area contributed by atoms with Crippen LogP contribution in [-0.2, 0) is 28.5 Å². The summed E-state index contributed by atoms with van der Waals surface area (Å²) < 4.78 is 47.6. The van der Waals surface area contributed by atoms with Crippen LogP contribution in [0.25, 0.3) is 0 Å². The molecule has 0 aromatic heterocycles. The zero-order valence-corrected chi connectivity index (χ0v) is 9.79. The SMILES string of the molecule is [2H]CO[C@H]1[C@H](OC[2H])[C@@H](COC(C)=O)OC[C@@H]1OC[2H]. The van der Waals surface area contributed by atoms with Gasteiger partial charge in [-0.3, -0.25) is 4.79 Å². The molecule has 1 saturated heterocycles. The minimum Gasteiger partial charge on any atom is -0.463 e. The molecule has 1 rings (SSSR count). The Morgan fingerprint density at radius 1 is 1.29 bits per heavy atom. The molecule has 0 radical (unpaired) electrons. The number of hydrogen-bond donors (Lipinski definition) is 0. The lowest BCUT2D eigenvalue weighted by atomic mass is 10.00. The van der Waals surface area contributed by atoms with Gasteiger partial charge in [-0.1, -0.05) is 0 Å². The van der Waals surface area contributed by atoms with Crippen molar-refractivity contribution in [3.05, 3.63) is 0 Å². The Kier molecular flexibility index (Phi) is 4.16. The molecule has 1 fully saturated rings. The quantitative estimate of drug-likeness (QED) is 0.641. The van der Waals surface area contributed by atoms with Crippen molar-refractivity contribution in [3.8, 4) is 0 Å². The summed E-state index contributed by atoms with van der Waals surface area (Å²) in [6, 6.07) is 0. The standard InChI is InChI=1S/C11H20O6/c1-7(12)16-6-9-11(15-4)10(14-3)8(13-2)5-17-9/h8-11H,5-6H2,1-4H3/t8-,9+,10+,11+/m0/s1/i2D,3D,4D. The van der Waals surface area contributed by atoms with Crippen LogP contribution in [0.15, 0.2) is 0 Å². The molecule has 0 unspecified atom stereocenters. The van der Waals surface area contributed by atoms with E-state index in [1.807, 2.05) is 0 Å². The highest BCUT2D eigenvalue weighted by Crippen LogP contribution is 2.22. The van der Waals surface area contributed by atoms with Gasteiger partial charge in [-0.25, -0.2) is 0 Å². The van der Waals surface area contributed by atoms with Gasteiger partial charge in [0.15, 0.2) is 0 Å². The van der Waals surface area contributed by atoms with Crippen LogP contribution < -0.4 is 0 Å². The number of carbonyl (C=O) groups is 1. The Bertz CT molecular complexity index is 293. The van der Waals surface area contributed by atoms with E-state index in [4.69, 9.17) is 27.8 Å². The van der Waals surface area contributed by atoms with Crippen LogP contribution in [0.5, 0.6) is 0 Å². The number of esters is 1. The first-order valence-corrected chi connectivity index (χ1v) is 5.11. The number of rotatable bonds is 5. The molecule has 1 heterocycles. The summed E-state index contributed by atoms with van der Waals surface area (Å²) in [7, 11) is -0.898. The van der Waals surface area contributed by atoms with E-state index in [1.165, 1.54) is 6.92 Å². The zero-order chi connectivity index (χ0) is 15.0. The van der Waals surface area contributed by atoms with Gasteiger partial charge in [-0.15, -0.1) is 0 Å². The fourth-order valence-corrected chi connectivity index (χ4v) is 1.72. The molecule has 4 atom stereocenters. The maximum atomic E-state index is 10.9. The Labute approximate surface area is 105 Å². The number of methoxy groups -OCH3 is 3. The summed E-state index contributed by atoms with van der Waals surface area (Å²) in [5, 5.41) is 0. The minimum atomic E-state index is -0.692. The topological polar surface area (TPSA) is 63.2 Å². The fourth-order valence-electron chi connectivity index (χ4n) is 1.72. The number of ether oxygens (including phenoxy) is 5. The predicted octanol–water partition coefficient (Wildman–Crippen LogP) is -0.00670. The number of hydrogen-bond acceptors (Lipinski definition) is 6. The van der Waals surface area contributed by atoms with Crippen LogP contribution in [-0.4, -0.2) is 64.9 Å². The van der Waals surface area contributed by atoms with Crippen LogP contribution in [0, 0.1) is 0 Å². The molecule has 0 aromatic carbocycles. The fraction of sp³-hybridized carbons (Fsp3) is 0.909. The Morgan fingerprint density at radius 3 is 2.65 bits per heavy atom. The molecule has 0 N–H and O–H groups in total. The van der Waals surface area contributed by atoms with Crippen LogP contribution in [0.1, 0.15) is 11.0 Å². The molecular formula is C11H20O6. The van der Waals surface area contributed by atoms with E-state index < -0.39 is 30.4 Å². The third-order valence-electron chi connectivity index (χ3n) is 2.58. The molecule has 17 heavy (non-hydrogen) atoms. The van der Waals surface area contributed by atoms with E-state index in [-0.39, 0.29) is 34.5 Å². The molecular weight excluding hydrogens is 228 g/mol. The first-order chi connectivity index (χ1) is 9.63. The third kappa shape index (κ3) is 3.64. The maximum Gasteiger partial charge on any atom is 0.302 e. The molecule has 0 amide bonds. The van der Waals surface area contributed by atoms with E-state index in [0.29, 0.717) is 0 Å². The molecule has 0 spiro atoms. The molecule has 1 aliphatic rings. The summed E-state index contributed by atoms with van der Waals surface area (Å²) >= 11 is 0. The second kappa shape index (κ2) is 6.90. The van der Waals surface area contributed by atoms with Crippen molar-refractivity contribution in [2.75, 3.05) is 34.5 Å². The molecule has 6 nitrogen and oxygen atoms in total. The summed E-state index contributed by atoms with van der Waals surface area (Å²) in [5.74, 6) is -0.444. The smallest absolute Gasteiger partial charge is 0.302 e. The molecule has 0 aliphatic carbocycles. The Balaban J connectivity index is 2.74. The van der Waals surface area contributed by atoms with E-state index in [9.17, 15) is 4.79 Å². The summed E-state index contributed by atoms with van der Waals surface area (Å²) in [5.41, 5.74) is 0. The highest BCUT2D eigenvalue weighted by atomic mass is 16.6. The average Bonchev–Trinajstić information content (AvgIpc) is 2.41. The van der Waals surface area contributed by atoms with Crippen LogP contribution in [0.4, 0.5) is 0 Å². The van der Waals surface area contributed by atoms with Gasteiger partial charge in [0.05, 0.1) is 10.7 Å². The van der Waals surface area contributed by atoms with Crippen molar-refractivity contribution in [1.29, 1.82) is 0 Å². The summed E-state index contributed by atoms with van der Waals surface area (Å²) in [6.07, 6.45) is -2.48. The van der Waals surface area contributed by atoms with Crippen LogP contribution >= 0.6 is 0 Å². The first-order valence-electron chi connectivity index (χ1n) is 7.23. The van der Waals surface area contributed by atoms with E-state index in [2.05, 4.69) is 0 Å². The van der Waals surface area contributed by atoms with Gasteiger partial charge in [0.25, 0.3) is 0 Å². The van der Waals surface area contributed by atoms with Crippen molar-refractivity contribution in [2.45, 2.75) is 31.3 Å². The minimum absolute atomic E-state index is 0.0224. The lowest BCUT2D eigenvalue weighted by Gasteiger charge is -2.40. The zero-order valence-electron chi connectivity index (χ0n) is 12.8. The van der Waals surface area contributed by atoms with Crippen LogP contribution in [0.2, 0.25) is 0 Å². The van der Waals surface area contributed by atoms with E-state index in [0.717, 1.165) is 0 Å². The third-order valence-corrected chi connectivity index (χ3v) is 2.58. The largest absolute Gasteiger partial charge is 0.463 e. The summed E-state index contributed by atoms with van der Waals surface area (Å²) in [6.45, 7) is 1.41. The molecule has 0 aromatic rings. The Hall–Kier alpha value is -0.690. The monoisotopic (exact) mass is 251 g/mol. The second-order valence-corrected chi connectivity index (χ2v) is 3.64. The molecule has 6 heteroatoms. The second-order valence-electron chi connectivity index (χ2n) is 3.64. The van der Waals surface area contributed by atoms with Gasteiger partial charge in [-0.2, -0.15) is 0 Å². The molecule has 0 saturated carbocycles. The van der Waals surface area contributed by atoms with Crippen molar-refractivity contribution in [1.82, 2.24) is 0 Å². The maximum absolute atomic E-state index is 10.9. The Morgan fingerprint density at radius 2 is 2.00 bits per heavy atom. The average molecular weight is 251 g/mol. The molecule has 1 aliphatic heterocycles. The molecule has 0 bridgehead atoms. The predicted molar refractivity (Wildman–Crippen MR) is 58.8 cm³/mol. The summed E-state index contributed by atoms with van der Waals surface area (Å²) in [4.78, 5) is 10.9. The lowest BCUT2D eigenvalue weighted by molar-refractivity contribution is -0.221. The van der Waals surface area contributed by atoms with Gasteiger partial charge < -0.3 is 23.7 Å². The van der Waals surface area contributed by atoms with Gasteiger partial charge in [0.2, 0.25) is 0 Å². The van der Waals surface area contributed by atoms with Gasteiger partial charge in [-0.05, 0) is 0 Å². The van der Waals surface area contributed by atoms with Gasteiger partial charge in [0, 0.05) is 28.2 Å². The first kappa shape index (κ1) is 10.3. The molecule has 100 valence electrons. The van der Waals surface area contributed by atoms with Gasteiger partial charge >= 0.3 is 5.97 Å². The van der Waals surface area contributed by atoms with E-state index >= 15 is 0 Å². The highest BCUT2D eigenvalue weighted by molar-refractivity contribution is 5.65. The van der Waals surface area contributed by atoms with Crippen LogP contribution in [0.3, 0.4) is 0 Å². The lowest BCUT2D eigenvalue weighted by Crippen LogP contribution is -2.56. The highest BCUT2D eigenvalue weighted by Gasteiger charge is 2.41.